The molecule has 0 aliphatic rings. The number of nitrogens with one attached hydrogen (secondary N) is 2. The van der Waals surface area contributed by atoms with Gasteiger partial charge in [0.2, 0.25) is 0 Å². The molecule has 0 saturated carbocycles. The molecule has 5 nitrogen and oxygen atoms in total. The summed E-state index contributed by atoms with van der Waals surface area (Å²) < 4.78 is 1.92. The van der Waals surface area contributed by atoms with E-state index in [9.17, 15) is 0 Å². The van der Waals surface area contributed by atoms with Gasteiger partial charge in [0.1, 0.15) is 5.82 Å². The third-order valence-electron chi connectivity index (χ3n) is 2.15. The number of anilines is 1. The van der Waals surface area contributed by atoms with Gasteiger partial charge in [0.05, 0.1) is 18.4 Å². The summed E-state index contributed by atoms with van der Waals surface area (Å²) >= 11 is 0. The van der Waals surface area contributed by atoms with Crippen molar-refractivity contribution < 1.29 is 0 Å². The number of nitrogens with zero attached hydrogens (tertiary/aromatic N) is 3. The molecule has 0 bridgehead atoms. The normalized spacial score (nSPS) is 10.9. The predicted molar refractivity (Wildman–Crippen MR) is 58.5 cm³/mol. The summed E-state index contributed by atoms with van der Waals surface area (Å²) in [5.74, 6) is 0.923. The maximum absolute atomic E-state index is 4.24. The summed E-state index contributed by atoms with van der Waals surface area (Å²) in [4.78, 5) is 7.16. The van der Waals surface area contributed by atoms with Crippen LogP contribution in [-0.4, -0.2) is 19.7 Å². The monoisotopic (exact) mass is 205 g/mol. The van der Waals surface area contributed by atoms with Crippen LogP contribution in [0, 0.1) is 0 Å². The maximum Gasteiger partial charge on any atom is 0.125 e. The number of hydrogen-bond donors (Lipinski definition) is 2. The molecule has 0 aliphatic carbocycles. The summed E-state index contributed by atoms with van der Waals surface area (Å²) in [7, 11) is 0. The van der Waals surface area contributed by atoms with Crippen LogP contribution in [0.1, 0.15) is 25.7 Å². The topological polar surface area (TPSA) is 58.5 Å². The molecule has 0 aromatic carbocycles. The van der Waals surface area contributed by atoms with Crippen molar-refractivity contribution in [2.24, 2.45) is 0 Å². The zero-order valence-electron chi connectivity index (χ0n) is 8.94. The highest BCUT2D eigenvalue weighted by Crippen LogP contribution is 2.10. The third kappa shape index (κ3) is 2.37. The van der Waals surface area contributed by atoms with Crippen molar-refractivity contribution in [2.45, 2.75) is 26.4 Å². The Morgan fingerprint density at radius 1 is 1.53 bits per heavy atom. The maximum atomic E-state index is 4.24. The number of hydrogen-bond acceptors (Lipinski definition) is 3. The molecule has 0 saturated heterocycles. The molecule has 2 aromatic heterocycles. The lowest BCUT2D eigenvalue weighted by Crippen LogP contribution is -2.01. The van der Waals surface area contributed by atoms with Crippen molar-refractivity contribution in [2.75, 3.05) is 5.32 Å². The second-order valence-electron chi connectivity index (χ2n) is 3.69. The first-order valence-corrected chi connectivity index (χ1v) is 5.02. The molecule has 0 unspecified atom stereocenters. The molecule has 0 amide bonds. The van der Waals surface area contributed by atoms with E-state index in [1.165, 1.54) is 0 Å². The number of rotatable bonds is 4. The molecule has 0 spiro atoms. The molecule has 15 heavy (non-hydrogen) atoms. The first kappa shape index (κ1) is 9.76. The van der Waals surface area contributed by atoms with E-state index in [0.717, 1.165) is 11.5 Å². The Bertz CT molecular complexity index is 401. The lowest BCUT2D eigenvalue weighted by atomic mass is 10.4. The quantitative estimate of drug-likeness (QED) is 0.800. The highest BCUT2D eigenvalue weighted by Gasteiger charge is 2.01. The van der Waals surface area contributed by atoms with Crippen molar-refractivity contribution >= 4 is 5.69 Å². The van der Waals surface area contributed by atoms with E-state index < -0.39 is 0 Å². The van der Waals surface area contributed by atoms with E-state index in [1.807, 2.05) is 23.3 Å². The highest BCUT2D eigenvalue weighted by atomic mass is 15.3. The third-order valence-corrected chi connectivity index (χ3v) is 2.15. The van der Waals surface area contributed by atoms with Gasteiger partial charge in [0.15, 0.2) is 0 Å². The van der Waals surface area contributed by atoms with Gasteiger partial charge in [-0.25, -0.2) is 4.98 Å². The molecule has 2 N–H and O–H groups in total. The van der Waals surface area contributed by atoms with Gasteiger partial charge < -0.3 is 10.3 Å². The summed E-state index contributed by atoms with van der Waals surface area (Å²) in [6, 6.07) is 0.393. The van der Waals surface area contributed by atoms with Gasteiger partial charge in [0, 0.05) is 24.6 Å². The molecule has 0 fully saturated rings. The van der Waals surface area contributed by atoms with E-state index in [-0.39, 0.29) is 0 Å². The van der Waals surface area contributed by atoms with Crippen LogP contribution in [0.5, 0.6) is 0 Å². The second-order valence-corrected chi connectivity index (χ2v) is 3.69. The smallest absolute Gasteiger partial charge is 0.125 e. The average Bonchev–Trinajstić information content (AvgIpc) is 2.86. The summed E-state index contributed by atoms with van der Waals surface area (Å²) in [5, 5.41) is 7.48. The van der Waals surface area contributed by atoms with Crippen LogP contribution in [0.25, 0.3) is 0 Å². The van der Waals surface area contributed by atoms with Gasteiger partial charge >= 0.3 is 0 Å². The zero-order chi connectivity index (χ0) is 10.7. The number of imidazole rings is 1. The minimum Gasteiger partial charge on any atom is -0.375 e. The average molecular weight is 205 g/mol. The Balaban J connectivity index is 1.94. The van der Waals surface area contributed by atoms with Gasteiger partial charge in [0.25, 0.3) is 0 Å². The fourth-order valence-corrected chi connectivity index (χ4v) is 1.29. The lowest BCUT2D eigenvalue weighted by molar-refractivity contribution is 0.532. The van der Waals surface area contributed by atoms with Crippen LogP contribution in [0.4, 0.5) is 5.69 Å². The van der Waals surface area contributed by atoms with Gasteiger partial charge in [-0.05, 0) is 13.8 Å². The number of aromatic nitrogens is 4. The van der Waals surface area contributed by atoms with E-state index in [2.05, 4.69) is 34.2 Å². The molecule has 2 heterocycles. The van der Waals surface area contributed by atoms with Crippen molar-refractivity contribution in [1.29, 1.82) is 0 Å². The highest BCUT2D eigenvalue weighted by molar-refractivity contribution is 5.38. The van der Waals surface area contributed by atoms with Gasteiger partial charge in [-0.1, -0.05) is 0 Å². The second kappa shape index (κ2) is 4.16. The van der Waals surface area contributed by atoms with E-state index in [1.54, 1.807) is 6.20 Å². The summed E-state index contributed by atoms with van der Waals surface area (Å²) in [6.07, 6.45) is 7.37. The fraction of sp³-hybridized carbons (Fsp3) is 0.400. The largest absolute Gasteiger partial charge is 0.375 e. The van der Waals surface area contributed by atoms with Crippen molar-refractivity contribution in [3.8, 4) is 0 Å². The standard InChI is InChI=1S/C10H15N5/c1-8(2)15-7-9(5-14-15)13-6-10-11-3-4-12-10/h3-5,7-8,13H,6H2,1-2H3,(H,11,12). The van der Waals surface area contributed by atoms with Crippen LogP contribution in [0.15, 0.2) is 24.8 Å². The first-order valence-electron chi connectivity index (χ1n) is 5.02. The minimum atomic E-state index is 0.393. The van der Waals surface area contributed by atoms with E-state index in [4.69, 9.17) is 0 Å². The molecular formula is C10H15N5. The Morgan fingerprint density at radius 2 is 2.40 bits per heavy atom. The van der Waals surface area contributed by atoms with Crippen molar-refractivity contribution in [3.05, 3.63) is 30.6 Å². The van der Waals surface area contributed by atoms with Crippen LogP contribution in [0.3, 0.4) is 0 Å². The Labute approximate surface area is 88.5 Å². The summed E-state index contributed by atoms with van der Waals surface area (Å²) in [5.41, 5.74) is 1.01. The van der Waals surface area contributed by atoms with Crippen molar-refractivity contribution in [1.82, 2.24) is 19.7 Å². The van der Waals surface area contributed by atoms with E-state index in [0.29, 0.717) is 12.6 Å². The zero-order valence-corrected chi connectivity index (χ0v) is 8.94. The minimum absolute atomic E-state index is 0.393. The van der Waals surface area contributed by atoms with E-state index >= 15 is 0 Å². The molecule has 0 radical (unpaired) electrons. The number of H-pyrrole nitrogens is 1. The molecule has 0 atom stereocenters. The molecule has 0 aliphatic heterocycles. The van der Waals surface area contributed by atoms with Gasteiger partial charge in [-0.15, -0.1) is 0 Å². The van der Waals surface area contributed by atoms with Crippen molar-refractivity contribution in [3.63, 3.8) is 0 Å². The number of aromatic amines is 1. The molecule has 2 rings (SSSR count). The van der Waals surface area contributed by atoms with Crippen LogP contribution in [0.2, 0.25) is 0 Å². The Morgan fingerprint density at radius 3 is 3.00 bits per heavy atom. The first-order chi connectivity index (χ1) is 7.25. The van der Waals surface area contributed by atoms with Gasteiger partial charge in [-0.3, -0.25) is 4.68 Å². The van der Waals surface area contributed by atoms with Crippen LogP contribution in [-0.2, 0) is 6.54 Å². The van der Waals surface area contributed by atoms with Gasteiger partial charge in [-0.2, -0.15) is 5.10 Å². The Hall–Kier alpha value is -1.78. The van der Waals surface area contributed by atoms with Crippen LogP contribution < -0.4 is 5.32 Å². The van der Waals surface area contributed by atoms with Crippen LogP contribution >= 0.6 is 0 Å². The molecule has 2 aromatic rings. The predicted octanol–water partition coefficient (Wildman–Crippen LogP) is 1.80. The fourth-order valence-electron chi connectivity index (χ4n) is 1.29. The Kier molecular flexibility index (Phi) is 2.71. The molecular weight excluding hydrogens is 190 g/mol. The molecule has 80 valence electrons. The summed E-state index contributed by atoms with van der Waals surface area (Å²) in [6.45, 7) is 4.89. The molecule has 5 heteroatoms. The lowest BCUT2D eigenvalue weighted by Gasteiger charge is -2.03. The SMILES string of the molecule is CC(C)n1cc(NCc2ncc[nH]2)cn1.